The fourth-order valence-electron chi connectivity index (χ4n) is 2.14. The maximum Gasteiger partial charge on any atom is 0.0595 e. The standard InChI is InChI=1S/C13H19Cl2N/c1-4-9(5-2)13(16-3)10-6-7-11(14)12(15)8-10/h6-9,13,16H,4-5H2,1-3H3. The van der Waals surface area contributed by atoms with E-state index in [1.807, 2.05) is 25.2 Å². The topological polar surface area (TPSA) is 12.0 Å². The van der Waals surface area contributed by atoms with Crippen LogP contribution in [0.4, 0.5) is 0 Å². The van der Waals surface area contributed by atoms with Crippen molar-refractivity contribution in [1.82, 2.24) is 5.32 Å². The van der Waals surface area contributed by atoms with E-state index in [1.54, 1.807) is 0 Å². The molecule has 1 nitrogen and oxygen atoms in total. The third-order valence-electron chi connectivity index (χ3n) is 3.13. The Bertz CT molecular complexity index is 335. The van der Waals surface area contributed by atoms with Crippen molar-refractivity contribution in [3.63, 3.8) is 0 Å². The molecule has 1 aromatic rings. The van der Waals surface area contributed by atoms with Crippen molar-refractivity contribution in [2.45, 2.75) is 32.7 Å². The molecule has 0 aromatic heterocycles. The first-order chi connectivity index (χ1) is 7.63. The molecule has 0 radical (unpaired) electrons. The highest BCUT2D eigenvalue weighted by Gasteiger charge is 2.19. The molecule has 0 saturated carbocycles. The van der Waals surface area contributed by atoms with Crippen molar-refractivity contribution in [3.05, 3.63) is 33.8 Å². The second-order valence-electron chi connectivity index (χ2n) is 4.02. The quantitative estimate of drug-likeness (QED) is 0.809. The maximum absolute atomic E-state index is 6.05. The van der Waals surface area contributed by atoms with Crippen LogP contribution in [0.15, 0.2) is 18.2 Å². The van der Waals surface area contributed by atoms with Crippen molar-refractivity contribution in [3.8, 4) is 0 Å². The number of hydrogen-bond acceptors (Lipinski definition) is 1. The molecule has 0 amide bonds. The molecule has 0 bridgehead atoms. The van der Waals surface area contributed by atoms with Gasteiger partial charge < -0.3 is 5.32 Å². The Kier molecular flexibility index (Phi) is 5.60. The summed E-state index contributed by atoms with van der Waals surface area (Å²) in [4.78, 5) is 0. The Morgan fingerprint density at radius 1 is 1.12 bits per heavy atom. The molecule has 1 atom stereocenters. The molecular weight excluding hydrogens is 241 g/mol. The van der Waals surface area contributed by atoms with Gasteiger partial charge in [-0.3, -0.25) is 0 Å². The van der Waals surface area contributed by atoms with Gasteiger partial charge >= 0.3 is 0 Å². The summed E-state index contributed by atoms with van der Waals surface area (Å²) in [6.45, 7) is 4.44. The Morgan fingerprint density at radius 3 is 2.19 bits per heavy atom. The molecule has 0 aliphatic carbocycles. The van der Waals surface area contributed by atoms with Crippen LogP contribution in [0, 0.1) is 5.92 Å². The van der Waals surface area contributed by atoms with Crippen LogP contribution in [-0.4, -0.2) is 7.05 Å². The van der Waals surface area contributed by atoms with E-state index in [-0.39, 0.29) is 0 Å². The van der Waals surface area contributed by atoms with E-state index in [2.05, 4.69) is 19.2 Å². The summed E-state index contributed by atoms with van der Waals surface area (Å²) < 4.78 is 0. The van der Waals surface area contributed by atoms with Gasteiger partial charge in [-0.05, 0) is 30.7 Å². The van der Waals surface area contributed by atoms with Gasteiger partial charge in [0.1, 0.15) is 0 Å². The van der Waals surface area contributed by atoms with Gasteiger partial charge in [-0.1, -0.05) is 56.0 Å². The molecule has 0 saturated heterocycles. The molecule has 0 spiro atoms. The number of halogens is 2. The highest BCUT2D eigenvalue weighted by atomic mass is 35.5. The number of rotatable bonds is 5. The summed E-state index contributed by atoms with van der Waals surface area (Å²) in [7, 11) is 1.99. The predicted molar refractivity (Wildman–Crippen MR) is 72.3 cm³/mol. The maximum atomic E-state index is 6.05. The average Bonchev–Trinajstić information content (AvgIpc) is 2.29. The van der Waals surface area contributed by atoms with Crippen molar-refractivity contribution in [2.24, 2.45) is 5.92 Å². The highest BCUT2D eigenvalue weighted by Crippen LogP contribution is 2.31. The van der Waals surface area contributed by atoms with Crippen LogP contribution >= 0.6 is 23.2 Å². The lowest BCUT2D eigenvalue weighted by Gasteiger charge is -2.25. The fraction of sp³-hybridized carbons (Fsp3) is 0.538. The van der Waals surface area contributed by atoms with Crippen molar-refractivity contribution in [1.29, 1.82) is 0 Å². The van der Waals surface area contributed by atoms with Crippen molar-refractivity contribution >= 4 is 23.2 Å². The summed E-state index contributed by atoms with van der Waals surface area (Å²) >= 11 is 12.0. The van der Waals surface area contributed by atoms with E-state index in [4.69, 9.17) is 23.2 Å². The second kappa shape index (κ2) is 6.48. The van der Waals surface area contributed by atoms with E-state index in [1.165, 1.54) is 5.56 Å². The molecular formula is C13H19Cl2N. The van der Waals surface area contributed by atoms with Gasteiger partial charge in [0.2, 0.25) is 0 Å². The average molecular weight is 260 g/mol. The fourth-order valence-corrected chi connectivity index (χ4v) is 2.45. The Labute approximate surface area is 108 Å². The van der Waals surface area contributed by atoms with E-state index >= 15 is 0 Å². The molecule has 0 aliphatic heterocycles. The SMILES string of the molecule is CCC(CC)C(NC)c1ccc(Cl)c(Cl)c1. The summed E-state index contributed by atoms with van der Waals surface area (Å²) in [5.41, 5.74) is 1.21. The largest absolute Gasteiger partial charge is 0.313 e. The second-order valence-corrected chi connectivity index (χ2v) is 4.83. The number of hydrogen-bond donors (Lipinski definition) is 1. The Morgan fingerprint density at radius 2 is 1.75 bits per heavy atom. The van der Waals surface area contributed by atoms with Crippen LogP contribution in [0.3, 0.4) is 0 Å². The highest BCUT2D eigenvalue weighted by molar-refractivity contribution is 6.42. The van der Waals surface area contributed by atoms with Crippen LogP contribution in [0.5, 0.6) is 0 Å². The first-order valence-electron chi connectivity index (χ1n) is 5.76. The molecule has 90 valence electrons. The van der Waals surface area contributed by atoms with Gasteiger partial charge in [0.15, 0.2) is 0 Å². The summed E-state index contributed by atoms with van der Waals surface area (Å²) in [5.74, 6) is 0.627. The normalized spacial score (nSPS) is 13.1. The monoisotopic (exact) mass is 259 g/mol. The molecule has 0 heterocycles. The molecule has 3 heteroatoms. The Balaban J connectivity index is 2.98. The van der Waals surface area contributed by atoms with E-state index in [9.17, 15) is 0 Å². The van der Waals surface area contributed by atoms with E-state index in [0.717, 1.165) is 12.8 Å². The van der Waals surface area contributed by atoms with Crippen LogP contribution < -0.4 is 5.32 Å². The van der Waals surface area contributed by atoms with E-state index in [0.29, 0.717) is 22.0 Å². The lowest BCUT2D eigenvalue weighted by molar-refractivity contribution is 0.359. The minimum absolute atomic E-state index is 0.352. The molecule has 0 fully saturated rings. The first kappa shape index (κ1) is 13.8. The van der Waals surface area contributed by atoms with Crippen LogP contribution in [0.2, 0.25) is 10.0 Å². The smallest absolute Gasteiger partial charge is 0.0595 e. The van der Waals surface area contributed by atoms with Crippen molar-refractivity contribution in [2.75, 3.05) is 7.05 Å². The van der Waals surface area contributed by atoms with Crippen LogP contribution in [-0.2, 0) is 0 Å². The minimum atomic E-state index is 0.352. The summed E-state index contributed by atoms with van der Waals surface area (Å²) in [6, 6.07) is 6.23. The van der Waals surface area contributed by atoms with Gasteiger partial charge in [0, 0.05) is 6.04 Å². The van der Waals surface area contributed by atoms with Gasteiger partial charge in [-0.2, -0.15) is 0 Å². The zero-order chi connectivity index (χ0) is 12.1. The van der Waals surface area contributed by atoms with Gasteiger partial charge in [0.25, 0.3) is 0 Å². The Hall–Kier alpha value is -0.240. The summed E-state index contributed by atoms with van der Waals surface area (Å²) in [5, 5.41) is 4.61. The zero-order valence-electron chi connectivity index (χ0n) is 10.1. The van der Waals surface area contributed by atoms with Gasteiger partial charge in [-0.15, -0.1) is 0 Å². The van der Waals surface area contributed by atoms with Gasteiger partial charge in [-0.25, -0.2) is 0 Å². The number of benzene rings is 1. The third-order valence-corrected chi connectivity index (χ3v) is 3.87. The molecule has 1 unspecified atom stereocenters. The summed E-state index contributed by atoms with van der Waals surface area (Å²) in [6.07, 6.45) is 2.31. The van der Waals surface area contributed by atoms with Crippen LogP contribution in [0.25, 0.3) is 0 Å². The lowest BCUT2D eigenvalue weighted by atomic mass is 9.89. The van der Waals surface area contributed by atoms with Gasteiger partial charge in [0.05, 0.1) is 10.0 Å². The zero-order valence-corrected chi connectivity index (χ0v) is 11.6. The number of nitrogens with one attached hydrogen (secondary N) is 1. The molecule has 16 heavy (non-hydrogen) atoms. The lowest BCUT2D eigenvalue weighted by Crippen LogP contribution is -2.24. The van der Waals surface area contributed by atoms with E-state index < -0.39 is 0 Å². The predicted octanol–water partition coefficient (Wildman–Crippen LogP) is 4.69. The molecule has 1 rings (SSSR count). The first-order valence-corrected chi connectivity index (χ1v) is 6.51. The van der Waals surface area contributed by atoms with Crippen LogP contribution in [0.1, 0.15) is 38.3 Å². The van der Waals surface area contributed by atoms with Crippen molar-refractivity contribution < 1.29 is 0 Å². The molecule has 1 N–H and O–H groups in total. The third kappa shape index (κ3) is 3.13. The molecule has 0 aliphatic rings. The minimum Gasteiger partial charge on any atom is -0.313 e. The molecule has 1 aromatic carbocycles.